The Morgan fingerprint density at radius 2 is 1.81 bits per heavy atom. The van der Waals surface area contributed by atoms with Crippen molar-refractivity contribution in [3.8, 4) is 0 Å². The first-order chi connectivity index (χ1) is 12.6. The summed E-state index contributed by atoms with van der Waals surface area (Å²) in [6.45, 7) is 8.82. The van der Waals surface area contributed by atoms with Gasteiger partial charge in [-0.3, -0.25) is 9.69 Å². The third kappa shape index (κ3) is 5.30. The van der Waals surface area contributed by atoms with Crippen LogP contribution in [0.15, 0.2) is 23.1 Å². The number of benzene rings is 1. The largest absolute Gasteiger partial charge is 0.350 e. The number of hydrogen-bond acceptors (Lipinski definition) is 4. The lowest BCUT2D eigenvalue weighted by molar-refractivity contribution is 0.0895. The molecule has 1 aromatic carbocycles. The lowest BCUT2D eigenvalue weighted by Crippen LogP contribution is -2.48. The molecule has 0 aliphatic carbocycles. The number of amides is 1. The maximum Gasteiger partial charge on any atom is 0.251 e. The summed E-state index contributed by atoms with van der Waals surface area (Å²) in [5.74, 6) is 0.207. The Kier molecular flexibility index (Phi) is 7.42. The fourth-order valence-corrected chi connectivity index (χ4v) is 4.70. The highest BCUT2D eigenvalue weighted by atomic mass is 32.2. The number of piperidine rings is 1. The van der Waals surface area contributed by atoms with Gasteiger partial charge in [0.2, 0.25) is 10.0 Å². The monoisotopic (exact) mass is 395 g/mol. The van der Waals surface area contributed by atoms with E-state index in [0.29, 0.717) is 29.6 Å². The molecule has 152 valence electrons. The van der Waals surface area contributed by atoms with Crippen LogP contribution in [0.2, 0.25) is 0 Å². The van der Waals surface area contributed by atoms with E-state index in [1.807, 2.05) is 0 Å². The second-order valence-electron chi connectivity index (χ2n) is 7.89. The highest BCUT2D eigenvalue weighted by Crippen LogP contribution is 2.20. The predicted molar refractivity (Wildman–Crippen MR) is 108 cm³/mol. The average molecular weight is 396 g/mol. The lowest BCUT2D eigenvalue weighted by atomic mass is 9.99. The average Bonchev–Trinajstić information content (AvgIpc) is 2.62. The minimum atomic E-state index is -3.58. The first-order valence-corrected chi connectivity index (χ1v) is 11.1. The predicted octanol–water partition coefficient (Wildman–Crippen LogP) is 2.49. The van der Waals surface area contributed by atoms with Gasteiger partial charge in [-0.15, -0.1) is 0 Å². The van der Waals surface area contributed by atoms with Crippen LogP contribution in [0.3, 0.4) is 0 Å². The van der Waals surface area contributed by atoms with Gasteiger partial charge in [0.25, 0.3) is 5.91 Å². The van der Waals surface area contributed by atoms with E-state index in [1.165, 1.54) is 43.7 Å². The standard InChI is InChI=1S/C20H33N3O3S/c1-15(2)18(23-11-7-6-8-12-23)14-21-20(24)17-10-9-16(3)19(13-17)27(25,26)22(4)5/h9-10,13,15,18H,6-8,11-12,14H2,1-5H3,(H,21,24). The van der Waals surface area contributed by atoms with Gasteiger partial charge in [0.05, 0.1) is 4.90 Å². The van der Waals surface area contributed by atoms with Gasteiger partial charge in [0.1, 0.15) is 0 Å². The lowest BCUT2D eigenvalue weighted by Gasteiger charge is -2.37. The SMILES string of the molecule is Cc1ccc(C(=O)NCC(C(C)C)N2CCCCC2)cc1S(=O)(=O)N(C)C. The van der Waals surface area contributed by atoms with Crippen LogP contribution in [0, 0.1) is 12.8 Å². The zero-order chi connectivity index (χ0) is 20.2. The molecule has 1 aliphatic rings. The minimum absolute atomic E-state index is 0.177. The number of sulfonamides is 1. The third-order valence-electron chi connectivity index (χ3n) is 5.31. The summed E-state index contributed by atoms with van der Waals surface area (Å²) in [6, 6.07) is 5.15. The summed E-state index contributed by atoms with van der Waals surface area (Å²) in [5, 5.41) is 3.02. The molecular weight excluding hydrogens is 362 g/mol. The highest BCUT2D eigenvalue weighted by Gasteiger charge is 2.25. The van der Waals surface area contributed by atoms with Crippen LogP contribution in [0.5, 0.6) is 0 Å². The summed E-state index contributed by atoms with van der Waals surface area (Å²) in [4.78, 5) is 15.3. The van der Waals surface area contributed by atoms with Crippen LogP contribution in [0.25, 0.3) is 0 Å². The van der Waals surface area contributed by atoms with Gasteiger partial charge in [-0.05, 0) is 56.5 Å². The molecule has 27 heavy (non-hydrogen) atoms. The van der Waals surface area contributed by atoms with Gasteiger partial charge < -0.3 is 5.32 Å². The molecule has 1 aromatic rings. The van der Waals surface area contributed by atoms with Crippen LogP contribution < -0.4 is 5.32 Å². The van der Waals surface area contributed by atoms with Crippen LogP contribution in [-0.2, 0) is 10.0 Å². The number of nitrogens with zero attached hydrogens (tertiary/aromatic N) is 2. The molecule has 1 N–H and O–H groups in total. The second-order valence-corrected chi connectivity index (χ2v) is 10.0. The van der Waals surface area contributed by atoms with Crippen molar-refractivity contribution >= 4 is 15.9 Å². The highest BCUT2D eigenvalue weighted by molar-refractivity contribution is 7.89. The number of carbonyl (C=O) groups excluding carboxylic acids is 1. The fraction of sp³-hybridized carbons (Fsp3) is 0.650. The Morgan fingerprint density at radius 3 is 2.37 bits per heavy atom. The normalized spacial score (nSPS) is 17.3. The molecule has 7 heteroatoms. The Hall–Kier alpha value is -1.44. The molecule has 0 aromatic heterocycles. The van der Waals surface area contributed by atoms with Gasteiger partial charge in [0, 0.05) is 32.2 Å². The molecule has 0 spiro atoms. The quantitative estimate of drug-likeness (QED) is 0.770. The van der Waals surface area contributed by atoms with E-state index in [4.69, 9.17) is 0 Å². The minimum Gasteiger partial charge on any atom is -0.350 e. The second kappa shape index (κ2) is 9.17. The van der Waals surface area contributed by atoms with E-state index < -0.39 is 10.0 Å². The van der Waals surface area contributed by atoms with E-state index in [0.717, 1.165) is 13.1 Å². The van der Waals surface area contributed by atoms with E-state index in [2.05, 4.69) is 24.1 Å². The molecule has 6 nitrogen and oxygen atoms in total. The first kappa shape index (κ1) is 21.9. The van der Waals surface area contributed by atoms with Crippen molar-refractivity contribution in [2.75, 3.05) is 33.7 Å². The van der Waals surface area contributed by atoms with Crippen LogP contribution >= 0.6 is 0 Å². The van der Waals surface area contributed by atoms with Crippen LogP contribution in [0.1, 0.15) is 49.0 Å². The van der Waals surface area contributed by atoms with E-state index in [1.54, 1.807) is 19.1 Å². The number of hydrogen-bond donors (Lipinski definition) is 1. The van der Waals surface area contributed by atoms with Crippen LogP contribution in [-0.4, -0.2) is 63.3 Å². The van der Waals surface area contributed by atoms with Crippen molar-refractivity contribution in [2.45, 2.75) is 51.0 Å². The molecule has 0 bridgehead atoms. The number of nitrogens with one attached hydrogen (secondary N) is 1. The van der Waals surface area contributed by atoms with Crippen molar-refractivity contribution in [1.29, 1.82) is 0 Å². The Labute approximate surface area is 164 Å². The fourth-order valence-electron chi connectivity index (χ4n) is 3.55. The summed E-state index contributed by atoms with van der Waals surface area (Å²) >= 11 is 0. The smallest absolute Gasteiger partial charge is 0.251 e. The maximum absolute atomic E-state index is 12.7. The summed E-state index contributed by atoms with van der Waals surface area (Å²) in [6.07, 6.45) is 3.70. The molecule has 1 amide bonds. The molecule has 1 heterocycles. The molecule has 1 aliphatic heterocycles. The van der Waals surface area contributed by atoms with Gasteiger partial charge >= 0.3 is 0 Å². The molecule has 1 unspecified atom stereocenters. The van der Waals surface area contributed by atoms with Gasteiger partial charge in [-0.1, -0.05) is 26.3 Å². The Bertz CT molecular complexity index is 754. The molecule has 0 radical (unpaired) electrons. The number of carbonyl (C=O) groups is 1. The zero-order valence-electron chi connectivity index (χ0n) is 17.2. The first-order valence-electron chi connectivity index (χ1n) is 9.70. The molecule has 1 saturated heterocycles. The van der Waals surface area contributed by atoms with Crippen molar-refractivity contribution in [3.63, 3.8) is 0 Å². The van der Waals surface area contributed by atoms with Crippen molar-refractivity contribution < 1.29 is 13.2 Å². The van der Waals surface area contributed by atoms with Crippen molar-refractivity contribution in [1.82, 2.24) is 14.5 Å². The number of aryl methyl sites for hydroxylation is 1. The van der Waals surface area contributed by atoms with E-state index in [9.17, 15) is 13.2 Å². The number of rotatable bonds is 7. The summed E-state index contributed by atoms with van der Waals surface area (Å²) < 4.78 is 26.1. The molecule has 0 saturated carbocycles. The van der Waals surface area contributed by atoms with E-state index >= 15 is 0 Å². The molecule has 1 fully saturated rings. The van der Waals surface area contributed by atoms with Gasteiger partial charge in [0.15, 0.2) is 0 Å². The molecular formula is C20H33N3O3S. The van der Waals surface area contributed by atoms with Gasteiger partial charge in [-0.25, -0.2) is 12.7 Å². The Morgan fingerprint density at radius 1 is 1.19 bits per heavy atom. The van der Waals surface area contributed by atoms with Crippen molar-refractivity contribution in [2.24, 2.45) is 5.92 Å². The van der Waals surface area contributed by atoms with E-state index in [-0.39, 0.29) is 10.8 Å². The summed E-state index contributed by atoms with van der Waals surface area (Å²) in [7, 11) is -0.593. The Balaban J connectivity index is 2.13. The summed E-state index contributed by atoms with van der Waals surface area (Å²) in [5.41, 5.74) is 1.01. The zero-order valence-corrected chi connectivity index (χ0v) is 18.0. The van der Waals surface area contributed by atoms with Crippen molar-refractivity contribution in [3.05, 3.63) is 29.3 Å². The third-order valence-corrected chi connectivity index (χ3v) is 7.27. The van der Waals surface area contributed by atoms with Gasteiger partial charge in [-0.2, -0.15) is 0 Å². The number of likely N-dealkylation sites (tertiary alicyclic amines) is 1. The molecule has 2 rings (SSSR count). The maximum atomic E-state index is 12.7. The topological polar surface area (TPSA) is 69.7 Å². The van der Waals surface area contributed by atoms with Crippen LogP contribution in [0.4, 0.5) is 0 Å². The molecule has 1 atom stereocenters.